The van der Waals surface area contributed by atoms with E-state index in [1.54, 1.807) is 52.1 Å². The lowest BCUT2D eigenvalue weighted by Crippen LogP contribution is -2.56. The van der Waals surface area contributed by atoms with Crippen LogP contribution in [-0.4, -0.2) is 72.6 Å². The van der Waals surface area contributed by atoms with Gasteiger partial charge in [-0.2, -0.15) is 0 Å². The summed E-state index contributed by atoms with van der Waals surface area (Å²) >= 11 is 0.740. The second-order valence-electron chi connectivity index (χ2n) is 10.4. The molecule has 1 rings (SSSR count). The number of nitrogens with one attached hydrogen (secondary N) is 4. The summed E-state index contributed by atoms with van der Waals surface area (Å²) in [7, 11) is 3.03. The highest BCUT2D eigenvalue weighted by molar-refractivity contribution is 8.14. The van der Waals surface area contributed by atoms with Gasteiger partial charge in [0.25, 0.3) is 0 Å². The van der Waals surface area contributed by atoms with E-state index in [0.29, 0.717) is 5.75 Å². The number of carbonyl (C=O) groups is 5. The number of amides is 4. The number of benzene rings is 1. The van der Waals surface area contributed by atoms with Gasteiger partial charge >= 0.3 is 6.09 Å². The Morgan fingerprint density at radius 3 is 2.00 bits per heavy atom. The van der Waals surface area contributed by atoms with Crippen molar-refractivity contribution in [2.45, 2.75) is 77.3 Å². The van der Waals surface area contributed by atoms with E-state index in [0.717, 1.165) is 17.3 Å². The normalized spacial score (nSPS) is 13.5. The van der Waals surface area contributed by atoms with Crippen LogP contribution in [0.25, 0.3) is 0 Å². The second kappa shape index (κ2) is 16.0. The van der Waals surface area contributed by atoms with Gasteiger partial charge in [-0.25, -0.2) is 4.79 Å². The summed E-state index contributed by atoms with van der Waals surface area (Å²) in [5, 5.41) is 9.19. The van der Waals surface area contributed by atoms with Gasteiger partial charge in [0.15, 0.2) is 5.12 Å². The maximum Gasteiger partial charge on any atom is 0.407 e. The van der Waals surface area contributed by atoms with Gasteiger partial charge in [0.05, 0.1) is 7.11 Å². The van der Waals surface area contributed by atoms with Gasteiger partial charge in [-0.05, 0) is 50.8 Å². The molecule has 0 aliphatic carbocycles. The fraction of sp³-hybridized carbons (Fsp3) is 0.593. The molecule has 1 unspecified atom stereocenters. The third-order valence-electron chi connectivity index (χ3n) is 5.25. The minimum atomic E-state index is -0.994. The lowest BCUT2D eigenvalue weighted by atomic mass is 10.0. The predicted octanol–water partition coefficient (Wildman–Crippen LogP) is 2.17. The quantitative estimate of drug-likeness (QED) is 0.284. The summed E-state index contributed by atoms with van der Waals surface area (Å²) in [5.74, 6) is -0.831. The first kappa shape index (κ1) is 33.7. The SMILES string of the molecule is CNC(=O)[C@H](Cc1ccc(OC)cc1)NC(=O)[C@H](CC(C)C)NC(=O)C(CNC(=O)OC(C)(C)C)SC(C)=O. The van der Waals surface area contributed by atoms with Crippen molar-refractivity contribution in [3.63, 3.8) is 0 Å². The van der Waals surface area contributed by atoms with Crippen LogP contribution < -0.4 is 26.0 Å². The molecule has 0 aliphatic rings. The van der Waals surface area contributed by atoms with Crippen molar-refractivity contribution in [2.24, 2.45) is 5.92 Å². The molecule has 0 saturated carbocycles. The Morgan fingerprint density at radius 1 is 0.923 bits per heavy atom. The average molecular weight is 567 g/mol. The maximum absolute atomic E-state index is 13.3. The number of likely N-dealkylation sites (N-methyl/N-ethyl adjacent to an activating group) is 1. The molecule has 0 aliphatic heterocycles. The molecule has 12 heteroatoms. The fourth-order valence-electron chi connectivity index (χ4n) is 3.50. The van der Waals surface area contributed by atoms with Crippen LogP contribution in [0.2, 0.25) is 0 Å². The molecule has 0 bridgehead atoms. The van der Waals surface area contributed by atoms with Crippen LogP contribution in [0.15, 0.2) is 24.3 Å². The van der Waals surface area contributed by atoms with E-state index in [1.165, 1.54) is 14.0 Å². The van der Waals surface area contributed by atoms with E-state index in [4.69, 9.17) is 9.47 Å². The number of hydrogen-bond acceptors (Lipinski definition) is 8. The smallest absolute Gasteiger partial charge is 0.407 e. The molecule has 0 radical (unpaired) electrons. The Kier molecular flexibility index (Phi) is 13.8. The topological polar surface area (TPSA) is 152 Å². The molecule has 3 atom stereocenters. The number of rotatable bonds is 13. The van der Waals surface area contributed by atoms with E-state index in [1.807, 2.05) is 13.8 Å². The molecule has 0 aromatic heterocycles. The van der Waals surface area contributed by atoms with Crippen molar-refractivity contribution in [1.29, 1.82) is 0 Å². The van der Waals surface area contributed by atoms with Gasteiger partial charge in [0.1, 0.15) is 28.7 Å². The number of methoxy groups -OCH3 is 1. The van der Waals surface area contributed by atoms with Crippen LogP contribution >= 0.6 is 11.8 Å². The van der Waals surface area contributed by atoms with E-state index >= 15 is 0 Å². The van der Waals surface area contributed by atoms with Gasteiger partial charge in [-0.3, -0.25) is 19.2 Å². The maximum atomic E-state index is 13.3. The van der Waals surface area contributed by atoms with Crippen LogP contribution in [0.4, 0.5) is 4.79 Å². The number of alkyl carbamates (subject to hydrolysis) is 1. The summed E-state index contributed by atoms with van der Waals surface area (Å²) in [6.07, 6.45) is -0.217. The molecule has 0 saturated heterocycles. The first-order valence-corrected chi connectivity index (χ1v) is 13.6. The summed E-state index contributed by atoms with van der Waals surface area (Å²) in [5.41, 5.74) is 0.0728. The van der Waals surface area contributed by atoms with Gasteiger partial charge in [0, 0.05) is 26.9 Å². The second-order valence-corrected chi connectivity index (χ2v) is 11.8. The van der Waals surface area contributed by atoms with Crippen molar-refractivity contribution < 1.29 is 33.4 Å². The highest BCUT2D eigenvalue weighted by atomic mass is 32.2. The van der Waals surface area contributed by atoms with Gasteiger partial charge in [0.2, 0.25) is 17.7 Å². The minimum absolute atomic E-state index is 0.0277. The fourth-order valence-corrected chi connectivity index (χ4v) is 4.24. The largest absolute Gasteiger partial charge is 0.497 e. The molecule has 0 fully saturated rings. The molecule has 4 N–H and O–H groups in total. The number of ether oxygens (including phenoxy) is 2. The van der Waals surface area contributed by atoms with Crippen molar-refractivity contribution in [3.8, 4) is 5.75 Å². The Labute approximate surface area is 234 Å². The molecule has 218 valence electrons. The first-order valence-electron chi connectivity index (χ1n) is 12.7. The average Bonchev–Trinajstić information content (AvgIpc) is 2.83. The van der Waals surface area contributed by atoms with Crippen LogP contribution in [0.3, 0.4) is 0 Å². The van der Waals surface area contributed by atoms with Crippen LogP contribution in [0.1, 0.15) is 53.5 Å². The predicted molar refractivity (Wildman–Crippen MR) is 150 cm³/mol. The molecule has 11 nitrogen and oxygen atoms in total. The lowest BCUT2D eigenvalue weighted by molar-refractivity contribution is -0.132. The monoisotopic (exact) mass is 566 g/mol. The molecule has 39 heavy (non-hydrogen) atoms. The van der Waals surface area contributed by atoms with Crippen molar-refractivity contribution in [3.05, 3.63) is 29.8 Å². The molecule has 1 aromatic rings. The van der Waals surface area contributed by atoms with E-state index in [9.17, 15) is 24.0 Å². The minimum Gasteiger partial charge on any atom is -0.497 e. The molecular weight excluding hydrogens is 524 g/mol. The highest BCUT2D eigenvalue weighted by Gasteiger charge is 2.31. The zero-order valence-electron chi connectivity index (χ0n) is 24.0. The van der Waals surface area contributed by atoms with Gasteiger partial charge in [-0.1, -0.05) is 37.7 Å². The zero-order chi connectivity index (χ0) is 29.8. The van der Waals surface area contributed by atoms with Crippen LogP contribution in [0, 0.1) is 5.92 Å². The van der Waals surface area contributed by atoms with Crippen LogP contribution in [0.5, 0.6) is 5.75 Å². The third-order valence-corrected chi connectivity index (χ3v) is 6.25. The van der Waals surface area contributed by atoms with Crippen molar-refractivity contribution in [1.82, 2.24) is 21.3 Å². The zero-order valence-corrected chi connectivity index (χ0v) is 24.8. The van der Waals surface area contributed by atoms with Gasteiger partial charge in [-0.15, -0.1) is 0 Å². The van der Waals surface area contributed by atoms with E-state index < -0.39 is 40.8 Å². The number of carbonyl (C=O) groups excluding carboxylic acids is 5. The number of hydrogen-bond donors (Lipinski definition) is 4. The Morgan fingerprint density at radius 2 is 1.51 bits per heavy atom. The lowest BCUT2D eigenvalue weighted by Gasteiger charge is -2.26. The summed E-state index contributed by atoms with van der Waals surface area (Å²) in [6.45, 7) is 10.0. The van der Waals surface area contributed by atoms with E-state index in [-0.39, 0.29) is 36.3 Å². The molecular formula is C27H42N4O7S. The molecule has 0 heterocycles. The first-order chi connectivity index (χ1) is 18.1. The Balaban J connectivity index is 3.02. The summed E-state index contributed by atoms with van der Waals surface area (Å²) < 4.78 is 10.4. The van der Waals surface area contributed by atoms with E-state index in [2.05, 4.69) is 21.3 Å². The third kappa shape index (κ3) is 13.4. The van der Waals surface area contributed by atoms with Gasteiger partial charge < -0.3 is 30.7 Å². The Hall–Kier alpha value is -3.28. The standard InChI is InChI=1S/C27H42N4O7S/c1-16(2)13-20(31-25(35)22(39-17(3)32)15-29-26(36)38-27(4,5)6)24(34)30-21(23(33)28-7)14-18-9-11-19(37-8)12-10-18/h9-12,16,20-22H,13-15H2,1-8H3,(H,28,33)(H,29,36)(H,30,34)(H,31,35)/t20-,21-,22?/m0/s1. The summed E-state index contributed by atoms with van der Waals surface area (Å²) in [6, 6.07) is 5.26. The molecule has 0 spiro atoms. The van der Waals surface area contributed by atoms with Crippen LogP contribution in [-0.2, 0) is 30.3 Å². The molecule has 1 aromatic carbocycles. The Bertz CT molecular complexity index is 993. The highest BCUT2D eigenvalue weighted by Crippen LogP contribution is 2.16. The molecule has 4 amide bonds. The van der Waals surface area contributed by atoms with Crippen molar-refractivity contribution >= 4 is 40.7 Å². The number of thioether (sulfide) groups is 1. The van der Waals surface area contributed by atoms with Crippen molar-refractivity contribution in [2.75, 3.05) is 20.7 Å². The summed E-state index contributed by atoms with van der Waals surface area (Å²) in [4.78, 5) is 62.9.